The van der Waals surface area contributed by atoms with Crippen LogP contribution in [0.3, 0.4) is 0 Å². The van der Waals surface area contributed by atoms with Crippen molar-refractivity contribution in [3.8, 4) is 0 Å². The minimum absolute atomic E-state index is 0.485. The molecule has 118 valence electrons. The molecule has 1 saturated carbocycles. The summed E-state index contributed by atoms with van der Waals surface area (Å²) in [4.78, 5) is 0. The zero-order valence-electron chi connectivity index (χ0n) is 14.4. The smallest absolute Gasteiger partial charge is 0.00179 e. The van der Waals surface area contributed by atoms with Gasteiger partial charge in [0.05, 0.1) is 0 Å². The van der Waals surface area contributed by atoms with Crippen LogP contribution >= 0.6 is 0 Å². The van der Waals surface area contributed by atoms with Crippen LogP contribution in [0.5, 0.6) is 0 Å². The SMILES string of the molecule is C=CCCCC1CC(C(C)(C)C)CCC1CNCCC. The van der Waals surface area contributed by atoms with Gasteiger partial charge >= 0.3 is 0 Å². The molecule has 0 aromatic rings. The summed E-state index contributed by atoms with van der Waals surface area (Å²) < 4.78 is 0. The highest BCUT2D eigenvalue weighted by Crippen LogP contribution is 2.44. The number of hydrogen-bond acceptors (Lipinski definition) is 1. The number of unbranched alkanes of at least 4 members (excludes halogenated alkanes) is 1. The van der Waals surface area contributed by atoms with Crippen LogP contribution in [-0.2, 0) is 0 Å². The van der Waals surface area contributed by atoms with E-state index in [2.05, 4.69) is 45.7 Å². The highest BCUT2D eigenvalue weighted by atomic mass is 14.9. The standard InChI is InChI=1S/C19H37N/c1-6-8-9-10-16-14-18(19(3,4)5)12-11-17(16)15-20-13-7-2/h6,16-18,20H,1,7-15H2,2-5H3. The maximum Gasteiger partial charge on any atom is -0.00179 e. The van der Waals surface area contributed by atoms with Crippen molar-refractivity contribution in [3.63, 3.8) is 0 Å². The van der Waals surface area contributed by atoms with Crippen molar-refractivity contribution in [2.45, 2.75) is 72.6 Å². The van der Waals surface area contributed by atoms with Gasteiger partial charge in [0.1, 0.15) is 0 Å². The van der Waals surface area contributed by atoms with Crippen LogP contribution in [0.25, 0.3) is 0 Å². The highest BCUT2D eigenvalue weighted by molar-refractivity contribution is 4.86. The van der Waals surface area contributed by atoms with E-state index in [1.54, 1.807) is 0 Å². The zero-order valence-corrected chi connectivity index (χ0v) is 14.4. The third-order valence-electron chi connectivity index (χ3n) is 5.18. The summed E-state index contributed by atoms with van der Waals surface area (Å²) in [6.07, 6.45) is 11.5. The first-order valence-electron chi connectivity index (χ1n) is 8.80. The van der Waals surface area contributed by atoms with E-state index in [0.29, 0.717) is 5.41 Å². The number of allylic oxidation sites excluding steroid dienone is 1. The average Bonchev–Trinajstić information content (AvgIpc) is 2.39. The van der Waals surface area contributed by atoms with E-state index in [9.17, 15) is 0 Å². The van der Waals surface area contributed by atoms with E-state index in [0.717, 1.165) is 17.8 Å². The van der Waals surface area contributed by atoms with Gasteiger partial charge in [0.2, 0.25) is 0 Å². The quantitative estimate of drug-likeness (QED) is 0.462. The summed E-state index contributed by atoms with van der Waals surface area (Å²) in [5.41, 5.74) is 0.485. The van der Waals surface area contributed by atoms with E-state index >= 15 is 0 Å². The highest BCUT2D eigenvalue weighted by Gasteiger charge is 2.35. The fourth-order valence-corrected chi connectivity index (χ4v) is 3.72. The molecule has 0 aliphatic heterocycles. The number of nitrogens with one attached hydrogen (secondary N) is 1. The largest absolute Gasteiger partial charge is 0.316 e. The predicted molar refractivity (Wildman–Crippen MR) is 91.0 cm³/mol. The Balaban J connectivity index is 2.52. The molecule has 0 amide bonds. The molecule has 0 aromatic carbocycles. The second-order valence-corrected chi connectivity index (χ2v) is 7.82. The lowest BCUT2D eigenvalue weighted by Gasteiger charge is -2.42. The summed E-state index contributed by atoms with van der Waals surface area (Å²) in [5.74, 6) is 2.75. The molecule has 1 nitrogen and oxygen atoms in total. The fraction of sp³-hybridized carbons (Fsp3) is 0.895. The molecule has 3 atom stereocenters. The van der Waals surface area contributed by atoms with Crippen LogP contribution in [0.2, 0.25) is 0 Å². The first-order chi connectivity index (χ1) is 9.49. The van der Waals surface area contributed by atoms with Crippen LogP contribution in [-0.4, -0.2) is 13.1 Å². The van der Waals surface area contributed by atoms with Gasteiger partial charge in [-0.05, 0) is 81.2 Å². The Morgan fingerprint density at radius 1 is 1.20 bits per heavy atom. The summed E-state index contributed by atoms with van der Waals surface area (Å²) in [5, 5.41) is 3.66. The summed E-state index contributed by atoms with van der Waals surface area (Å²) in [6.45, 7) is 15.8. The molecule has 0 aromatic heterocycles. The van der Waals surface area contributed by atoms with Crippen molar-refractivity contribution in [3.05, 3.63) is 12.7 Å². The molecule has 1 heteroatoms. The molecule has 1 fully saturated rings. The Morgan fingerprint density at radius 3 is 2.55 bits per heavy atom. The van der Waals surface area contributed by atoms with Crippen LogP contribution < -0.4 is 5.32 Å². The van der Waals surface area contributed by atoms with Gasteiger partial charge in [-0.3, -0.25) is 0 Å². The van der Waals surface area contributed by atoms with Gasteiger partial charge < -0.3 is 5.32 Å². The maximum atomic E-state index is 3.86. The number of hydrogen-bond donors (Lipinski definition) is 1. The van der Waals surface area contributed by atoms with Gasteiger partial charge in [0.15, 0.2) is 0 Å². The Labute approximate surface area is 127 Å². The fourth-order valence-electron chi connectivity index (χ4n) is 3.72. The second-order valence-electron chi connectivity index (χ2n) is 7.82. The monoisotopic (exact) mass is 279 g/mol. The average molecular weight is 280 g/mol. The van der Waals surface area contributed by atoms with E-state index in [4.69, 9.17) is 0 Å². The Morgan fingerprint density at radius 2 is 1.95 bits per heavy atom. The Bertz CT molecular complexity index is 263. The first kappa shape index (κ1) is 17.8. The topological polar surface area (TPSA) is 12.0 Å². The summed E-state index contributed by atoms with van der Waals surface area (Å²) in [7, 11) is 0. The lowest BCUT2D eigenvalue weighted by atomic mass is 9.64. The van der Waals surface area contributed by atoms with E-state index in [1.807, 2.05) is 0 Å². The molecule has 1 rings (SSSR count). The Kier molecular flexibility index (Phi) is 7.87. The third kappa shape index (κ3) is 5.99. The van der Waals surface area contributed by atoms with Crippen LogP contribution in [0.15, 0.2) is 12.7 Å². The lowest BCUT2D eigenvalue weighted by molar-refractivity contribution is 0.0916. The normalized spacial score (nSPS) is 27.5. The molecular formula is C19H37N. The molecule has 0 saturated heterocycles. The third-order valence-corrected chi connectivity index (χ3v) is 5.18. The van der Waals surface area contributed by atoms with Gasteiger partial charge in [-0.1, -0.05) is 33.8 Å². The van der Waals surface area contributed by atoms with Crippen molar-refractivity contribution >= 4 is 0 Å². The second kappa shape index (κ2) is 8.87. The van der Waals surface area contributed by atoms with E-state index in [1.165, 1.54) is 58.0 Å². The van der Waals surface area contributed by atoms with Crippen molar-refractivity contribution < 1.29 is 0 Å². The van der Waals surface area contributed by atoms with Crippen LogP contribution in [0.1, 0.15) is 72.6 Å². The van der Waals surface area contributed by atoms with Gasteiger partial charge in [-0.25, -0.2) is 0 Å². The minimum Gasteiger partial charge on any atom is -0.316 e. The molecule has 3 unspecified atom stereocenters. The molecule has 0 spiro atoms. The zero-order chi connectivity index (χ0) is 15.0. The van der Waals surface area contributed by atoms with Crippen molar-refractivity contribution in [2.75, 3.05) is 13.1 Å². The molecular weight excluding hydrogens is 242 g/mol. The predicted octanol–water partition coefficient (Wildman–Crippen LogP) is 5.42. The molecule has 0 bridgehead atoms. The van der Waals surface area contributed by atoms with Gasteiger partial charge in [0, 0.05) is 0 Å². The molecule has 20 heavy (non-hydrogen) atoms. The van der Waals surface area contributed by atoms with Crippen molar-refractivity contribution in [1.29, 1.82) is 0 Å². The lowest BCUT2D eigenvalue weighted by Crippen LogP contribution is -2.36. The van der Waals surface area contributed by atoms with Crippen LogP contribution in [0, 0.1) is 23.2 Å². The van der Waals surface area contributed by atoms with Crippen LogP contribution in [0.4, 0.5) is 0 Å². The maximum absolute atomic E-state index is 3.86. The van der Waals surface area contributed by atoms with Crippen molar-refractivity contribution in [1.82, 2.24) is 5.32 Å². The van der Waals surface area contributed by atoms with Crippen molar-refractivity contribution in [2.24, 2.45) is 23.2 Å². The molecule has 1 aliphatic carbocycles. The molecule has 0 heterocycles. The van der Waals surface area contributed by atoms with Gasteiger partial charge in [-0.2, -0.15) is 0 Å². The molecule has 1 N–H and O–H groups in total. The molecule has 1 aliphatic rings. The minimum atomic E-state index is 0.485. The Hall–Kier alpha value is -0.300. The summed E-state index contributed by atoms with van der Waals surface area (Å²) >= 11 is 0. The van der Waals surface area contributed by atoms with E-state index in [-0.39, 0.29) is 0 Å². The molecule has 0 radical (unpaired) electrons. The number of rotatable bonds is 8. The van der Waals surface area contributed by atoms with Gasteiger partial charge in [-0.15, -0.1) is 6.58 Å². The first-order valence-corrected chi connectivity index (χ1v) is 8.80. The summed E-state index contributed by atoms with van der Waals surface area (Å²) in [6, 6.07) is 0. The van der Waals surface area contributed by atoms with Gasteiger partial charge in [0.25, 0.3) is 0 Å². The van der Waals surface area contributed by atoms with E-state index < -0.39 is 0 Å².